The van der Waals surface area contributed by atoms with Crippen molar-refractivity contribution in [3.63, 3.8) is 0 Å². The Balaban J connectivity index is 3.78. The third-order valence-corrected chi connectivity index (χ3v) is 7.45. The van der Waals surface area contributed by atoms with E-state index in [9.17, 15) is 0 Å². The molecule has 5 atom stereocenters. The van der Waals surface area contributed by atoms with Gasteiger partial charge in [-0.15, -0.1) is 0 Å². The van der Waals surface area contributed by atoms with Crippen molar-refractivity contribution in [2.45, 2.75) is 126 Å². The van der Waals surface area contributed by atoms with Crippen molar-refractivity contribution in [2.75, 3.05) is 0 Å². The van der Waals surface area contributed by atoms with Crippen LogP contribution >= 0.6 is 0 Å². The van der Waals surface area contributed by atoms with Gasteiger partial charge in [-0.3, -0.25) is 0 Å². The van der Waals surface area contributed by atoms with Crippen LogP contribution in [0.25, 0.3) is 0 Å². The molecule has 0 rings (SSSR count). The summed E-state index contributed by atoms with van der Waals surface area (Å²) in [6, 6.07) is 0. The predicted molar refractivity (Wildman–Crippen MR) is 117 cm³/mol. The second-order valence-corrected chi connectivity index (χ2v) is 9.63. The molecule has 0 saturated carbocycles. The lowest BCUT2D eigenvalue weighted by Gasteiger charge is -2.35. The fraction of sp³-hybridized carbons (Fsp3) is 1.00. The molecule has 0 aromatic carbocycles. The maximum atomic E-state index is 2.51. The van der Waals surface area contributed by atoms with Crippen LogP contribution in [-0.4, -0.2) is 0 Å². The molecule has 5 unspecified atom stereocenters. The molecule has 0 aliphatic carbocycles. The molecule has 0 fully saturated rings. The van der Waals surface area contributed by atoms with Crippen LogP contribution in [0.2, 0.25) is 0 Å². The molecule has 152 valence electrons. The van der Waals surface area contributed by atoms with Crippen LogP contribution in [0.4, 0.5) is 0 Å². The summed E-state index contributed by atoms with van der Waals surface area (Å²) in [5.41, 5.74) is 0. The van der Waals surface area contributed by atoms with Gasteiger partial charge in [-0.2, -0.15) is 0 Å². The first kappa shape index (κ1) is 25.0. The molecule has 0 radical (unpaired) electrons. The topological polar surface area (TPSA) is 0 Å². The molecular formula is C25H52. The van der Waals surface area contributed by atoms with Crippen molar-refractivity contribution < 1.29 is 0 Å². The van der Waals surface area contributed by atoms with Gasteiger partial charge in [0.1, 0.15) is 0 Å². The molecule has 0 amide bonds. The summed E-state index contributed by atoms with van der Waals surface area (Å²) in [5, 5.41) is 0. The van der Waals surface area contributed by atoms with Crippen LogP contribution in [0.3, 0.4) is 0 Å². The highest BCUT2D eigenvalue weighted by molar-refractivity contribution is 4.77. The molecule has 0 aliphatic heterocycles. The van der Waals surface area contributed by atoms with Gasteiger partial charge in [-0.25, -0.2) is 0 Å². The highest BCUT2D eigenvalue weighted by atomic mass is 14.3. The molecule has 0 saturated heterocycles. The van der Waals surface area contributed by atoms with Crippen molar-refractivity contribution >= 4 is 0 Å². The minimum Gasteiger partial charge on any atom is -0.0654 e. The first-order valence-corrected chi connectivity index (χ1v) is 11.8. The predicted octanol–water partition coefficient (Wildman–Crippen LogP) is 9.13. The molecule has 0 spiro atoms. The number of rotatable bonds is 16. The first-order chi connectivity index (χ1) is 11.8. The highest BCUT2D eigenvalue weighted by Crippen LogP contribution is 2.35. The summed E-state index contributed by atoms with van der Waals surface area (Å²) in [6.07, 6.45) is 15.9. The van der Waals surface area contributed by atoms with E-state index in [-0.39, 0.29) is 0 Å². The first-order valence-electron chi connectivity index (χ1n) is 11.8. The van der Waals surface area contributed by atoms with Gasteiger partial charge in [-0.1, -0.05) is 126 Å². The second-order valence-electron chi connectivity index (χ2n) is 9.63. The van der Waals surface area contributed by atoms with E-state index in [1.54, 1.807) is 0 Å². The van der Waals surface area contributed by atoms with Crippen molar-refractivity contribution in [2.24, 2.45) is 35.5 Å². The highest BCUT2D eigenvalue weighted by Gasteiger charge is 2.28. The summed E-state index contributed by atoms with van der Waals surface area (Å²) >= 11 is 0. The van der Waals surface area contributed by atoms with Crippen LogP contribution in [0.15, 0.2) is 0 Å². The van der Waals surface area contributed by atoms with Crippen LogP contribution in [0.1, 0.15) is 126 Å². The van der Waals surface area contributed by atoms with E-state index in [2.05, 4.69) is 55.4 Å². The molecule has 0 bridgehead atoms. The Labute approximate surface area is 161 Å². The summed E-state index contributed by atoms with van der Waals surface area (Å²) in [4.78, 5) is 0. The van der Waals surface area contributed by atoms with Gasteiger partial charge < -0.3 is 0 Å². The lowest BCUT2D eigenvalue weighted by molar-refractivity contribution is 0.139. The van der Waals surface area contributed by atoms with E-state index in [0.29, 0.717) is 0 Å². The van der Waals surface area contributed by atoms with Gasteiger partial charge in [-0.05, 0) is 35.5 Å². The minimum absolute atomic E-state index is 0.807. The molecule has 0 N–H and O–H groups in total. The third-order valence-electron chi connectivity index (χ3n) is 7.45. The van der Waals surface area contributed by atoms with Gasteiger partial charge in [0.05, 0.1) is 0 Å². The lowest BCUT2D eigenvalue weighted by atomic mass is 9.70. The quantitative estimate of drug-likeness (QED) is 0.243. The van der Waals surface area contributed by atoms with Crippen LogP contribution < -0.4 is 0 Å². The average molecular weight is 353 g/mol. The van der Waals surface area contributed by atoms with Crippen molar-refractivity contribution in [1.29, 1.82) is 0 Å². The maximum absolute atomic E-state index is 2.51. The zero-order valence-corrected chi connectivity index (χ0v) is 19.2. The Morgan fingerprint density at radius 1 is 0.440 bits per heavy atom. The van der Waals surface area contributed by atoms with Crippen molar-refractivity contribution in [3.05, 3.63) is 0 Å². The van der Waals surface area contributed by atoms with E-state index < -0.39 is 0 Å². The molecule has 0 heterocycles. The van der Waals surface area contributed by atoms with Crippen LogP contribution in [0.5, 0.6) is 0 Å². The van der Waals surface area contributed by atoms with Crippen LogP contribution in [0, 0.1) is 35.5 Å². The van der Waals surface area contributed by atoms with Gasteiger partial charge in [0, 0.05) is 0 Å². The monoisotopic (exact) mass is 352 g/mol. The molecule has 0 nitrogen and oxygen atoms in total. The Morgan fingerprint density at radius 3 is 1.28 bits per heavy atom. The largest absolute Gasteiger partial charge is 0.0654 e. The Morgan fingerprint density at radius 2 is 0.840 bits per heavy atom. The standard InChI is InChI=1S/C25H52/c1-9-10-11-12-13-14-15-16-17-18-19-21(4)23(6)25(8)24(7)22(5)20(2)3/h20-25H,9-19H2,1-8H3. The lowest BCUT2D eigenvalue weighted by Crippen LogP contribution is -2.28. The third kappa shape index (κ3) is 11.3. The molecule has 0 heteroatoms. The van der Waals surface area contributed by atoms with E-state index in [4.69, 9.17) is 0 Å². The van der Waals surface area contributed by atoms with Crippen molar-refractivity contribution in [1.82, 2.24) is 0 Å². The zero-order chi connectivity index (χ0) is 19.2. The van der Waals surface area contributed by atoms with Gasteiger partial charge in [0.15, 0.2) is 0 Å². The fourth-order valence-corrected chi connectivity index (χ4v) is 4.30. The summed E-state index contributed by atoms with van der Waals surface area (Å²) < 4.78 is 0. The van der Waals surface area contributed by atoms with Crippen molar-refractivity contribution in [3.8, 4) is 0 Å². The molecule has 0 aromatic heterocycles. The Bertz CT molecular complexity index is 280. The van der Waals surface area contributed by atoms with E-state index in [0.717, 1.165) is 35.5 Å². The smallest absolute Gasteiger partial charge is 0.0386 e. The number of hydrogen-bond acceptors (Lipinski definition) is 0. The molecule has 25 heavy (non-hydrogen) atoms. The fourth-order valence-electron chi connectivity index (χ4n) is 4.30. The Hall–Kier alpha value is 0. The molecule has 0 aromatic rings. The van der Waals surface area contributed by atoms with E-state index in [1.165, 1.54) is 70.6 Å². The molecular weight excluding hydrogens is 300 g/mol. The summed E-state index contributed by atoms with van der Waals surface area (Å²) in [7, 11) is 0. The number of unbranched alkanes of at least 4 members (excludes halogenated alkanes) is 9. The normalized spacial score (nSPS) is 18.1. The minimum atomic E-state index is 0.807. The second kappa shape index (κ2) is 15.1. The van der Waals surface area contributed by atoms with Gasteiger partial charge in [0.2, 0.25) is 0 Å². The van der Waals surface area contributed by atoms with Gasteiger partial charge in [0.25, 0.3) is 0 Å². The maximum Gasteiger partial charge on any atom is -0.0386 e. The van der Waals surface area contributed by atoms with Gasteiger partial charge >= 0.3 is 0 Å². The van der Waals surface area contributed by atoms with Crippen LogP contribution in [-0.2, 0) is 0 Å². The summed E-state index contributed by atoms with van der Waals surface area (Å²) in [6.45, 7) is 19.5. The zero-order valence-electron chi connectivity index (χ0n) is 19.2. The average Bonchev–Trinajstić information content (AvgIpc) is 2.60. The Kier molecular flexibility index (Phi) is 15.1. The van der Waals surface area contributed by atoms with E-state index >= 15 is 0 Å². The molecule has 0 aliphatic rings. The SMILES string of the molecule is CCCCCCCCCCCCC(C)C(C)C(C)C(C)C(C)C(C)C. The van der Waals surface area contributed by atoms with E-state index in [1.807, 2.05) is 0 Å². The summed E-state index contributed by atoms with van der Waals surface area (Å²) in [5.74, 6) is 5.06. The number of hydrogen-bond donors (Lipinski definition) is 0.